The van der Waals surface area contributed by atoms with Crippen molar-refractivity contribution in [3.8, 4) is 0 Å². The van der Waals surface area contributed by atoms with E-state index in [0.717, 1.165) is 16.8 Å². The van der Waals surface area contributed by atoms with Crippen LogP contribution in [0, 0.1) is 0 Å². The molecular formula is C16H19BrN2. The number of pyridine rings is 1. The van der Waals surface area contributed by atoms with E-state index in [9.17, 15) is 0 Å². The van der Waals surface area contributed by atoms with Crippen LogP contribution >= 0.6 is 15.9 Å². The Morgan fingerprint density at radius 2 is 1.74 bits per heavy atom. The Hall–Kier alpha value is -1.35. The maximum atomic E-state index is 4.46. The van der Waals surface area contributed by atoms with Crippen molar-refractivity contribution in [3.05, 3.63) is 58.2 Å². The number of nitrogens with one attached hydrogen (secondary N) is 1. The van der Waals surface area contributed by atoms with E-state index in [0.29, 0.717) is 0 Å². The maximum Gasteiger partial charge on any atom is 0.126 e. The molecule has 0 radical (unpaired) electrons. The molecule has 0 spiro atoms. The third-order valence-electron chi connectivity index (χ3n) is 3.02. The van der Waals surface area contributed by atoms with E-state index in [1.807, 2.05) is 24.4 Å². The molecule has 0 aliphatic heterocycles. The summed E-state index contributed by atoms with van der Waals surface area (Å²) in [5, 5.41) is 3.33. The molecule has 19 heavy (non-hydrogen) atoms. The minimum atomic E-state index is 0.150. The first-order valence-corrected chi connectivity index (χ1v) is 7.19. The topological polar surface area (TPSA) is 24.9 Å². The molecule has 100 valence electrons. The molecule has 0 unspecified atom stereocenters. The molecule has 0 saturated heterocycles. The van der Waals surface area contributed by atoms with Gasteiger partial charge in [-0.3, -0.25) is 0 Å². The van der Waals surface area contributed by atoms with Crippen molar-refractivity contribution < 1.29 is 0 Å². The average Bonchev–Trinajstić information content (AvgIpc) is 2.37. The van der Waals surface area contributed by atoms with Gasteiger partial charge in [-0.05, 0) is 34.7 Å². The van der Waals surface area contributed by atoms with Crippen molar-refractivity contribution in [1.82, 2.24) is 4.98 Å². The molecule has 0 amide bonds. The second-order valence-electron chi connectivity index (χ2n) is 5.66. The lowest BCUT2D eigenvalue weighted by molar-refractivity contribution is 0.587. The van der Waals surface area contributed by atoms with Crippen LogP contribution in [-0.4, -0.2) is 4.98 Å². The Labute approximate surface area is 123 Å². The highest BCUT2D eigenvalue weighted by atomic mass is 79.9. The number of nitrogens with zero attached hydrogens (tertiary/aromatic N) is 1. The van der Waals surface area contributed by atoms with Crippen molar-refractivity contribution in [3.63, 3.8) is 0 Å². The first-order chi connectivity index (χ1) is 8.95. The number of benzene rings is 1. The summed E-state index contributed by atoms with van der Waals surface area (Å²) in [6.45, 7) is 7.37. The van der Waals surface area contributed by atoms with Gasteiger partial charge in [-0.15, -0.1) is 0 Å². The highest BCUT2D eigenvalue weighted by molar-refractivity contribution is 9.10. The number of halogens is 1. The highest BCUT2D eigenvalue weighted by Gasteiger charge is 2.13. The molecule has 0 aliphatic carbocycles. The van der Waals surface area contributed by atoms with Crippen LogP contribution in [0.5, 0.6) is 0 Å². The molecule has 1 aromatic carbocycles. The Bertz CT molecular complexity index is 524. The van der Waals surface area contributed by atoms with Crippen LogP contribution in [0.25, 0.3) is 0 Å². The maximum absolute atomic E-state index is 4.46. The molecule has 0 saturated carbocycles. The number of aromatic nitrogens is 1. The zero-order chi connectivity index (χ0) is 13.9. The lowest BCUT2D eigenvalue weighted by atomic mass is 9.88. The van der Waals surface area contributed by atoms with Crippen molar-refractivity contribution in [2.24, 2.45) is 0 Å². The lowest BCUT2D eigenvalue weighted by Crippen LogP contribution is -2.11. The molecule has 0 fully saturated rings. The Kier molecular flexibility index (Phi) is 4.25. The van der Waals surface area contributed by atoms with Crippen LogP contribution < -0.4 is 5.32 Å². The van der Waals surface area contributed by atoms with Gasteiger partial charge in [0.05, 0.1) is 0 Å². The van der Waals surface area contributed by atoms with Crippen LogP contribution in [0.2, 0.25) is 0 Å². The van der Waals surface area contributed by atoms with Gasteiger partial charge in [0.25, 0.3) is 0 Å². The van der Waals surface area contributed by atoms with E-state index >= 15 is 0 Å². The summed E-state index contributed by atoms with van der Waals surface area (Å²) in [7, 11) is 0. The van der Waals surface area contributed by atoms with Crippen LogP contribution in [-0.2, 0) is 12.0 Å². The largest absolute Gasteiger partial charge is 0.366 e. The summed E-state index contributed by atoms with van der Waals surface area (Å²) in [5.41, 5.74) is 2.64. The van der Waals surface area contributed by atoms with Gasteiger partial charge in [0.2, 0.25) is 0 Å². The van der Waals surface area contributed by atoms with Gasteiger partial charge in [-0.25, -0.2) is 4.98 Å². The van der Waals surface area contributed by atoms with Gasteiger partial charge in [-0.2, -0.15) is 0 Å². The van der Waals surface area contributed by atoms with Gasteiger partial charge in [0.1, 0.15) is 5.82 Å². The zero-order valence-electron chi connectivity index (χ0n) is 11.6. The molecule has 0 atom stereocenters. The van der Waals surface area contributed by atoms with Gasteiger partial charge in [0.15, 0.2) is 0 Å². The number of hydrogen-bond acceptors (Lipinski definition) is 2. The summed E-state index contributed by atoms with van der Waals surface area (Å²) in [6.07, 6.45) is 1.95. The molecule has 0 bridgehead atoms. The Balaban J connectivity index is 1.98. The van der Waals surface area contributed by atoms with Gasteiger partial charge in [0, 0.05) is 17.2 Å². The molecule has 1 N–H and O–H groups in total. The molecule has 0 aliphatic rings. The van der Waals surface area contributed by atoms with Gasteiger partial charge >= 0.3 is 0 Å². The molecule has 3 heteroatoms. The van der Waals surface area contributed by atoms with E-state index in [2.05, 4.69) is 65.2 Å². The first kappa shape index (κ1) is 14.1. The number of hydrogen-bond donors (Lipinski definition) is 1. The highest BCUT2D eigenvalue weighted by Crippen LogP contribution is 2.22. The van der Waals surface area contributed by atoms with Gasteiger partial charge in [-0.1, -0.05) is 54.9 Å². The van der Waals surface area contributed by atoms with Crippen LogP contribution in [0.1, 0.15) is 31.9 Å². The minimum absolute atomic E-state index is 0.150. The lowest BCUT2D eigenvalue weighted by Gasteiger charge is -2.18. The van der Waals surface area contributed by atoms with E-state index in [4.69, 9.17) is 0 Å². The number of anilines is 1. The van der Waals surface area contributed by atoms with Crippen LogP contribution in [0.15, 0.2) is 47.1 Å². The third-order valence-corrected chi connectivity index (χ3v) is 3.55. The summed E-state index contributed by atoms with van der Waals surface area (Å²) in [5.74, 6) is 0.913. The molecule has 2 rings (SSSR count). The van der Waals surface area contributed by atoms with Crippen LogP contribution in [0.3, 0.4) is 0 Å². The van der Waals surface area contributed by atoms with Crippen LogP contribution in [0.4, 0.5) is 5.82 Å². The molecule has 1 heterocycles. The SMILES string of the molecule is CC(C)(C)c1ccc(NCc2ccc(Br)cc2)nc1. The summed E-state index contributed by atoms with van der Waals surface area (Å²) in [6, 6.07) is 12.5. The zero-order valence-corrected chi connectivity index (χ0v) is 13.2. The second kappa shape index (κ2) is 5.74. The standard InChI is InChI=1S/C16H19BrN2/c1-16(2,3)13-6-9-15(19-11-13)18-10-12-4-7-14(17)8-5-12/h4-9,11H,10H2,1-3H3,(H,18,19). The average molecular weight is 319 g/mol. The van der Waals surface area contributed by atoms with Crippen molar-refractivity contribution >= 4 is 21.7 Å². The predicted octanol–water partition coefficient (Wildman–Crippen LogP) is 4.75. The summed E-state index contributed by atoms with van der Waals surface area (Å²) >= 11 is 3.44. The fraction of sp³-hybridized carbons (Fsp3) is 0.312. The summed E-state index contributed by atoms with van der Waals surface area (Å²) < 4.78 is 1.10. The smallest absolute Gasteiger partial charge is 0.126 e. The Morgan fingerprint density at radius 1 is 1.05 bits per heavy atom. The van der Waals surface area contributed by atoms with Crippen molar-refractivity contribution in [1.29, 1.82) is 0 Å². The van der Waals surface area contributed by atoms with Crippen molar-refractivity contribution in [2.45, 2.75) is 32.7 Å². The molecule has 2 nitrogen and oxygen atoms in total. The predicted molar refractivity (Wildman–Crippen MR) is 84.4 cm³/mol. The number of rotatable bonds is 3. The molecule has 1 aromatic heterocycles. The fourth-order valence-corrected chi connectivity index (χ4v) is 2.00. The van der Waals surface area contributed by atoms with Gasteiger partial charge < -0.3 is 5.32 Å². The molecule has 2 aromatic rings. The summed E-state index contributed by atoms with van der Waals surface area (Å²) in [4.78, 5) is 4.46. The Morgan fingerprint density at radius 3 is 2.26 bits per heavy atom. The minimum Gasteiger partial charge on any atom is -0.366 e. The third kappa shape index (κ3) is 4.06. The normalized spacial score (nSPS) is 11.4. The van der Waals surface area contributed by atoms with E-state index in [1.54, 1.807) is 0 Å². The monoisotopic (exact) mass is 318 g/mol. The van der Waals surface area contributed by atoms with E-state index in [-0.39, 0.29) is 5.41 Å². The molecular weight excluding hydrogens is 300 g/mol. The van der Waals surface area contributed by atoms with E-state index in [1.165, 1.54) is 11.1 Å². The van der Waals surface area contributed by atoms with Crippen molar-refractivity contribution in [2.75, 3.05) is 5.32 Å². The first-order valence-electron chi connectivity index (χ1n) is 6.40. The van der Waals surface area contributed by atoms with E-state index < -0.39 is 0 Å². The quantitative estimate of drug-likeness (QED) is 0.883. The second-order valence-corrected chi connectivity index (χ2v) is 6.58. The fourth-order valence-electron chi connectivity index (χ4n) is 1.74.